The van der Waals surface area contributed by atoms with Gasteiger partial charge in [-0.25, -0.2) is 5.84 Å². The van der Waals surface area contributed by atoms with Gasteiger partial charge in [0.2, 0.25) is 5.91 Å². The van der Waals surface area contributed by atoms with Gasteiger partial charge in [-0.1, -0.05) is 11.6 Å². The van der Waals surface area contributed by atoms with Crippen LogP contribution in [0.15, 0.2) is 18.2 Å². The molecule has 0 radical (unpaired) electrons. The molecule has 0 atom stereocenters. The topological polar surface area (TPSA) is 66.6 Å². The van der Waals surface area contributed by atoms with Crippen molar-refractivity contribution in [3.05, 3.63) is 28.8 Å². The van der Waals surface area contributed by atoms with E-state index < -0.39 is 0 Å². The number of hydrogen-bond acceptors (Lipinski definition) is 3. The first-order chi connectivity index (χ1) is 6.50. The molecule has 14 heavy (non-hydrogen) atoms. The molecule has 0 aliphatic carbocycles. The molecular weight excluding hydrogens is 204 g/mol. The average molecular weight is 215 g/mol. The number of aromatic hydroxyl groups is 1. The maximum atomic E-state index is 10.8. The third-order valence-electron chi connectivity index (χ3n) is 1.79. The summed E-state index contributed by atoms with van der Waals surface area (Å²) in [6.45, 7) is 1.49. The van der Waals surface area contributed by atoms with Crippen LogP contribution in [0.4, 0.5) is 0 Å². The highest BCUT2D eigenvalue weighted by Crippen LogP contribution is 2.22. The molecule has 0 saturated heterocycles. The van der Waals surface area contributed by atoms with E-state index in [1.807, 2.05) is 0 Å². The van der Waals surface area contributed by atoms with Gasteiger partial charge in [-0.2, -0.15) is 0 Å². The van der Waals surface area contributed by atoms with E-state index in [1.165, 1.54) is 13.0 Å². The Kier molecular flexibility index (Phi) is 3.33. The number of halogens is 1. The van der Waals surface area contributed by atoms with Gasteiger partial charge in [0, 0.05) is 17.5 Å². The predicted molar refractivity (Wildman–Crippen MR) is 53.5 cm³/mol. The Bertz CT molecular complexity index is 355. The fourth-order valence-electron chi connectivity index (χ4n) is 0.976. The van der Waals surface area contributed by atoms with E-state index in [0.29, 0.717) is 10.6 Å². The van der Waals surface area contributed by atoms with Crippen molar-refractivity contribution >= 4 is 17.5 Å². The summed E-state index contributed by atoms with van der Waals surface area (Å²) in [5.41, 5.74) is 0.523. The minimum Gasteiger partial charge on any atom is -0.508 e. The highest BCUT2D eigenvalue weighted by Gasteiger charge is 2.08. The number of nitrogens with zero attached hydrogens (tertiary/aromatic N) is 1. The normalized spacial score (nSPS) is 9.93. The van der Waals surface area contributed by atoms with Gasteiger partial charge in [-0.3, -0.25) is 9.80 Å². The maximum absolute atomic E-state index is 10.8. The van der Waals surface area contributed by atoms with Crippen LogP contribution in [0.2, 0.25) is 5.02 Å². The second kappa shape index (κ2) is 4.30. The zero-order chi connectivity index (χ0) is 10.7. The zero-order valence-corrected chi connectivity index (χ0v) is 8.45. The van der Waals surface area contributed by atoms with Gasteiger partial charge in [0.15, 0.2) is 0 Å². The van der Waals surface area contributed by atoms with Crippen molar-refractivity contribution in [3.63, 3.8) is 0 Å². The number of amides is 1. The smallest absolute Gasteiger partial charge is 0.233 e. The SMILES string of the molecule is CC(=O)N(N)Cc1cc(Cl)ccc1O. The predicted octanol–water partition coefficient (Wildman–Crippen LogP) is 1.27. The Morgan fingerprint density at radius 2 is 2.29 bits per heavy atom. The fraction of sp³-hybridized carbons (Fsp3) is 0.222. The van der Waals surface area contributed by atoms with E-state index in [2.05, 4.69) is 0 Å². The van der Waals surface area contributed by atoms with E-state index >= 15 is 0 Å². The molecule has 1 rings (SSSR count). The monoisotopic (exact) mass is 214 g/mol. The maximum Gasteiger partial charge on any atom is 0.233 e. The molecule has 3 N–H and O–H groups in total. The van der Waals surface area contributed by atoms with Crippen molar-refractivity contribution in [3.8, 4) is 5.75 Å². The highest BCUT2D eigenvalue weighted by atomic mass is 35.5. The Hall–Kier alpha value is -1.26. The largest absolute Gasteiger partial charge is 0.508 e. The average Bonchev–Trinajstić information content (AvgIpc) is 2.11. The van der Waals surface area contributed by atoms with Crippen LogP contribution < -0.4 is 5.84 Å². The van der Waals surface area contributed by atoms with Crippen LogP contribution in [0, 0.1) is 0 Å². The lowest BCUT2D eigenvalue weighted by atomic mass is 10.2. The summed E-state index contributed by atoms with van der Waals surface area (Å²) in [5.74, 6) is 5.20. The second-order valence-electron chi connectivity index (χ2n) is 2.92. The molecule has 1 aromatic carbocycles. The van der Waals surface area contributed by atoms with Crippen LogP contribution in [-0.4, -0.2) is 16.0 Å². The molecule has 0 aliphatic rings. The molecule has 0 spiro atoms. The van der Waals surface area contributed by atoms with E-state index in [9.17, 15) is 9.90 Å². The highest BCUT2D eigenvalue weighted by molar-refractivity contribution is 6.30. The molecule has 0 aromatic heterocycles. The number of carbonyl (C=O) groups excluding carboxylic acids is 1. The molecule has 0 unspecified atom stereocenters. The van der Waals surface area contributed by atoms with Crippen molar-refractivity contribution in [2.75, 3.05) is 0 Å². The first-order valence-corrected chi connectivity index (χ1v) is 4.38. The number of benzene rings is 1. The van der Waals surface area contributed by atoms with Crippen LogP contribution in [0.3, 0.4) is 0 Å². The lowest BCUT2D eigenvalue weighted by molar-refractivity contribution is -0.129. The van der Waals surface area contributed by atoms with Crippen molar-refractivity contribution in [2.24, 2.45) is 5.84 Å². The van der Waals surface area contributed by atoms with E-state index in [-0.39, 0.29) is 18.2 Å². The lowest BCUT2D eigenvalue weighted by Crippen LogP contribution is -2.34. The number of phenolic OH excluding ortho intramolecular Hbond substituents is 1. The molecule has 5 heteroatoms. The number of hydrazine groups is 1. The molecule has 0 bridgehead atoms. The van der Waals surface area contributed by atoms with Crippen molar-refractivity contribution in [1.82, 2.24) is 5.01 Å². The van der Waals surface area contributed by atoms with Crippen molar-refractivity contribution in [1.29, 1.82) is 0 Å². The summed E-state index contributed by atoms with van der Waals surface area (Å²) in [6.07, 6.45) is 0. The zero-order valence-electron chi connectivity index (χ0n) is 7.70. The summed E-state index contributed by atoms with van der Waals surface area (Å²) < 4.78 is 0. The van der Waals surface area contributed by atoms with Crippen LogP contribution in [0.5, 0.6) is 5.75 Å². The summed E-state index contributed by atoms with van der Waals surface area (Å²) in [4.78, 5) is 10.8. The molecule has 0 saturated carbocycles. The summed E-state index contributed by atoms with van der Waals surface area (Å²) >= 11 is 5.72. The van der Waals surface area contributed by atoms with Gasteiger partial charge >= 0.3 is 0 Å². The molecule has 0 aliphatic heterocycles. The number of hydrogen-bond donors (Lipinski definition) is 2. The molecular formula is C9H11ClN2O2. The lowest BCUT2D eigenvalue weighted by Gasteiger charge is -2.15. The third-order valence-corrected chi connectivity index (χ3v) is 2.02. The Labute approximate surface area is 86.9 Å². The van der Waals surface area contributed by atoms with E-state index in [0.717, 1.165) is 5.01 Å². The molecule has 1 aromatic rings. The molecule has 0 heterocycles. The molecule has 1 amide bonds. The van der Waals surface area contributed by atoms with Crippen LogP contribution in [0.25, 0.3) is 0 Å². The minimum atomic E-state index is -0.274. The van der Waals surface area contributed by atoms with Gasteiger partial charge in [0.1, 0.15) is 5.75 Å². The van der Waals surface area contributed by atoms with Crippen LogP contribution in [-0.2, 0) is 11.3 Å². The minimum absolute atomic E-state index is 0.0751. The molecule has 4 nitrogen and oxygen atoms in total. The van der Waals surface area contributed by atoms with Gasteiger partial charge in [-0.15, -0.1) is 0 Å². The van der Waals surface area contributed by atoms with Crippen LogP contribution >= 0.6 is 11.6 Å². The fourth-order valence-corrected chi connectivity index (χ4v) is 1.17. The summed E-state index contributed by atoms with van der Waals surface area (Å²) in [7, 11) is 0. The Balaban J connectivity index is 2.85. The Morgan fingerprint density at radius 1 is 1.64 bits per heavy atom. The number of carbonyl (C=O) groups is 1. The van der Waals surface area contributed by atoms with E-state index in [4.69, 9.17) is 17.4 Å². The van der Waals surface area contributed by atoms with Crippen molar-refractivity contribution < 1.29 is 9.90 Å². The standard InChI is InChI=1S/C9H11ClN2O2/c1-6(13)12(11)5-7-4-8(10)2-3-9(7)14/h2-4,14H,5,11H2,1H3. The summed E-state index contributed by atoms with van der Waals surface area (Å²) in [6, 6.07) is 4.60. The van der Waals surface area contributed by atoms with E-state index in [1.54, 1.807) is 12.1 Å². The quantitative estimate of drug-likeness (QED) is 0.443. The summed E-state index contributed by atoms with van der Waals surface area (Å²) in [5, 5.41) is 10.9. The third kappa shape index (κ3) is 2.61. The van der Waals surface area contributed by atoms with Gasteiger partial charge in [0.25, 0.3) is 0 Å². The van der Waals surface area contributed by atoms with Gasteiger partial charge in [0.05, 0.1) is 6.54 Å². The number of phenols is 1. The molecule has 0 fully saturated rings. The van der Waals surface area contributed by atoms with Crippen molar-refractivity contribution in [2.45, 2.75) is 13.5 Å². The first-order valence-electron chi connectivity index (χ1n) is 4.01. The first kappa shape index (κ1) is 10.8. The van der Waals surface area contributed by atoms with Gasteiger partial charge < -0.3 is 5.11 Å². The van der Waals surface area contributed by atoms with Crippen LogP contribution in [0.1, 0.15) is 12.5 Å². The van der Waals surface area contributed by atoms with Gasteiger partial charge in [-0.05, 0) is 18.2 Å². The number of nitrogens with two attached hydrogens (primary N) is 1. The molecule has 76 valence electrons. The Morgan fingerprint density at radius 3 is 2.86 bits per heavy atom. The number of rotatable bonds is 2. The second-order valence-corrected chi connectivity index (χ2v) is 3.36.